The third-order valence-corrected chi connectivity index (χ3v) is 5.42. The van der Waals surface area contributed by atoms with Gasteiger partial charge < -0.3 is 16.0 Å². The highest BCUT2D eigenvalue weighted by Gasteiger charge is 2.38. The zero-order chi connectivity index (χ0) is 19.1. The Kier molecular flexibility index (Phi) is 6.12. The molecule has 27 heavy (non-hydrogen) atoms. The maximum atomic E-state index is 11.6. The fourth-order valence-electron chi connectivity index (χ4n) is 3.54. The Morgan fingerprint density at radius 2 is 1.74 bits per heavy atom. The molecule has 3 rings (SSSR count). The fourth-order valence-corrected chi connectivity index (χ4v) is 3.54. The third kappa shape index (κ3) is 4.48. The van der Waals surface area contributed by atoms with Gasteiger partial charge in [0.2, 0.25) is 0 Å². The van der Waals surface area contributed by atoms with Crippen molar-refractivity contribution in [3.8, 4) is 0 Å². The molecule has 2 aromatic rings. The van der Waals surface area contributed by atoms with Gasteiger partial charge in [-0.3, -0.25) is 9.79 Å². The number of guanidine groups is 1. The van der Waals surface area contributed by atoms with Gasteiger partial charge in [0.25, 0.3) is 5.91 Å². The van der Waals surface area contributed by atoms with Crippen molar-refractivity contribution in [1.29, 1.82) is 0 Å². The van der Waals surface area contributed by atoms with E-state index in [1.807, 2.05) is 24.3 Å². The van der Waals surface area contributed by atoms with Crippen LogP contribution >= 0.6 is 0 Å². The van der Waals surface area contributed by atoms with E-state index in [0.29, 0.717) is 12.1 Å². The van der Waals surface area contributed by atoms with E-state index in [-0.39, 0.29) is 11.3 Å². The van der Waals surface area contributed by atoms with Gasteiger partial charge in [0, 0.05) is 38.2 Å². The number of nitrogens with zero attached hydrogens (tertiary/aromatic N) is 1. The first-order valence-corrected chi connectivity index (χ1v) is 9.48. The number of nitrogens with one attached hydrogen (secondary N) is 3. The van der Waals surface area contributed by atoms with Crippen LogP contribution in [0.3, 0.4) is 0 Å². The van der Waals surface area contributed by atoms with Crippen LogP contribution in [0.25, 0.3) is 0 Å². The van der Waals surface area contributed by atoms with E-state index in [4.69, 9.17) is 0 Å². The van der Waals surface area contributed by atoms with Crippen molar-refractivity contribution in [3.05, 3.63) is 71.3 Å². The number of hydrogen-bond donors (Lipinski definition) is 3. The molecule has 2 aromatic carbocycles. The molecule has 0 unspecified atom stereocenters. The summed E-state index contributed by atoms with van der Waals surface area (Å²) in [5, 5.41) is 9.49. The summed E-state index contributed by atoms with van der Waals surface area (Å²) in [6, 6.07) is 18.4. The highest BCUT2D eigenvalue weighted by molar-refractivity contribution is 5.93. The van der Waals surface area contributed by atoms with Crippen LogP contribution in [-0.2, 0) is 12.0 Å². The van der Waals surface area contributed by atoms with Crippen LogP contribution in [0.4, 0.5) is 0 Å². The maximum absolute atomic E-state index is 11.6. The van der Waals surface area contributed by atoms with E-state index in [1.54, 1.807) is 14.1 Å². The van der Waals surface area contributed by atoms with Crippen LogP contribution in [-0.4, -0.2) is 32.5 Å². The molecular formula is C22H28N4O. The van der Waals surface area contributed by atoms with Gasteiger partial charge in [-0.25, -0.2) is 0 Å². The summed E-state index contributed by atoms with van der Waals surface area (Å²) in [5.41, 5.74) is 3.39. The van der Waals surface area contributed by atoms with Crippen LogP contribution in [0.1, 0.15) is 40.7 Å². The second-order valence-corrected chi connectivity index (χ2v) is 7.06. The van der Waals surface area contributed by atoms with Crippen molar-refractivity contribution < 1.29 is 4.79 Å². The molecule has 0 aliphatic heterocycles. The molecular weight excluding hydrogens is 336 g/mol. The van der Waals surface area contributed by atoms with Crippen molar-refractivity contribution in [2.24, 2.45) is 4.99 Å². The molecule has 0 radical (unpaired) electrons. The molecule has 0 spiro atoms. The molecule has 1 saturated carbocycles. The maximum Gasteiger partial charge on any atom is 0.251 e. The van der Waals surface area contributed by atoms with Crippen LogP contribution < -0.4 is 16.0 Å². The number of hydrogen-bond acceptors (Lipinski definition) is 2. The van der Waals surface area contributed by atoms with Gasteiger partial charge in [-0.15, -0.1) is 0 Å². The highest BCUT2D eigenvalue weighted by Crippen LogP contribution is 2.43. The Morgan fingerprint density at radius 1 is 1.04 bits per heavy atom. The fraction of sp³-hybridized carbons (Fsp3) is 0.364. The first-order valence-electron chi connectivity index (χ1n) is 9.48. The van der Waals surface area contributed by atoms with Crippen molar-refractivity contribution in [3.63, 3.8) is 0 Å². The summed E-state index contributed by atoms with van der Waals surface area (Å²) in [7, 11) is 3.43. The van der Waals surface area contributed by atoms with E-state index < -0.39 is 0 Å². The SMILES string of the molecule is CN=C(NCc1ccc(C(=O)NC)cc1)NCC1(c2ccccc2)CCC1. The topological polar surface area (TPSA) is 65.5 Å². The minimum absolute atomic E-state index is 0.0707. The summed E-state index contributed by atoms with van der Waals surface area (Å²) in [6.07, 6.45) is 3.70. The van der Waals surface area contributed by atoms with Crippen LogP contribution in [0, 0.1) is 0 Å². The van der Waals surface area contributed by atoms with E-state index in [0.717, 1.165) is 18.1 Å². The molecule has 0 heterocycles. The number of benzene rings is 2. The van der Waals surface area contributed by atoms with Gasteiger partial charge in [0.1, 0.15) is 0 Å². The first kappa shape index (κ1) is 19.0. The van der Waals surface area contributed by atoms with E-state index >= 15 is 0 Å². The molecule has 1 aliphatic carbocycles. The normalized spacial score (nSPS) is 15.6. The van der Waals surface area contributed by atoms with Crippen molar-refractivity contribution in [1.82, 2.24) is 16.0 Å². The Labute approximate surface area is 161 Å². The Balaban J connectivity index is 1.55. The molecule has 1 fully saturated rings. The number of carbonyl (C=O) groups is 1. The number of amides is 1. The largest absolute Gasteiger partial charge is 0.356 e. The van der Waals surface area contributed by atoms with Gasteiger partial charge in [0.05, 0.1) is 0 Å². The van der Waals surface area contributed by atoms with Crippen molar-refractivity contribution >= 4 is 11.9 Å². The van der Waals surface area contributed by atoms with Crippen LogP contribution in [0.5, 0.6) is 0 Å². The molecule has 0 atom stereocenters. The Hall–Kier alpha value is -2.82. The minimum Gasteiger partial charge on any atom is -0.356 e. The average Bonchev–Trinajstić information content (AvgIpc) is 2.70. The molecule has 0 aromatic heterocycles. The van der Waals surface area contributed by atoms with E-state index in [2.05, 4.69) is 51.3 Å². The van der Waals surface area contributed by atoms with Crippen molar-refractivity contribution in [2.45, 2.75) is 31.2 Å². The quantitative estimate of drug-likeness (QED) is 0.545. The molecule has 5 nitrogen and oxygen atoms in total. The lowest BCUT2D eigenvalue weighted by atomic mass is 9.64. The average molecular weight is 364 g/mol. The van der Waals surface area contributed by atoms with Gasteiger partial charge in [-0.2, -0.15) is 0 Å². The van der Waals surface area contributed by atoms with Crippen LogP contribution in [0.15, 0.2) is 59.6 Å². The van der Waals surface area contributed by atoms with Gasteiger partial charge in [-0.1, -0.05) is 48.9 Å². The molecule has 0 saturated heterocycles. The number of rotatable bonds is 6. The van der Waals surface area contributed by atoms with E-state index in [1.165, 1.54) is 24.8 Å². The predicted octanol–water partition coefficient (Wildman–Crippen LogP) is 2.83. The standard InChI is InChI=1S/C22H28N4O/c1-23-20(27)18-11-9-17(10-12-18)15-25-21(24-2)26-16-22(13-6-14-22)19-7-4-3-5-8-19/h3-5,7-12H,6,13-16H2,1-2H3,(H,23,27)(H2,24,25,26). The number of carbonyl (C=O) groups excluding carboxylic acids is 1. The van der Waals surface area contributed by atoms with Crippen molar-refractivity contribution in [2.75, 3.05) is 20.6 Å². The monoisotopic (exact) mass is 364 g/mol. The van der Waals surface area contributed by atoms with Crippen LogP contribution in [0.2, 0.25) is 0 Å². The zero-order valence-electron chi connectivity index (χ0n) is 16.1. The van der Waals surface area contributed by atoms with Gasteiger partial charge in [0.15, 0.2) is 5.96 Å². The lowest BCUT2D eigenvalue weighted by Crippen LogP contribution is -2.48. The van der Waals surface area contributed by atoms with Gasteiger partial charge >= 0.3 is 0 Å². The molecule has 1 aliphatic rings. The summed E-state index contributed by atoms with van der Waals surface area (Å²) < 4.78 is 0. The zero-order valence-corrected chi connectivity index (χ0v) is 16.1. The summed E-state index contributed by atoms with van der Waals surface area (Å²) in [6.45, 7) is 1.54. The van der Waals surface area contributed by atoms with Gasteiger partial charge in [-0.05, 0) is 36.1 Å². The first-order chi connectivity index (χ1) is 13.2. The Bertz CT molecular complexity index is 780. The summed E-state index contributed by atoms with van der Waals surface area (Å²) in [4.78, 5) is 16.0. The lowest BCUT2D eigenvalue weighted by Gasteiger charge is -2.43. The smallest absolute Gasteiger partial charge is 0.251 e. The summed E-state index contributed by atoms with van der Waals surface area (Å²) in [5.74, 6) is 0.728. The molecule has 0 bridgehead atoms. The second-order valence-electron chi connectivity index (χ2n) is 7.06. The van der Waals surface area contributed by atoms with E-state index in [9.17, 15) is 4.79 Å². The third-order valence-electron chi connectivity index (χ3n) is 5.42. The highest BCUT2D eigenvalue weighted by atomic mass is 16.1. The number of aliphatic imine (C=N–C) groups is 1. The molecule has 3 N–H and O–H groups in total. The second kappa shape index (κ2) is 8.71. The summed E-state index contributed by atoms with van der Waals surface area (Å²) >= 11 is 0. The molecule has 5 heteroatoms. The minimum atomic E-state index is -0.0707. The predicted molar refractivity (Wildman–Crippen MR) is 110 cm³/mol. The lowest BCUT2D eigenvalue weighted by molar-refractivity contribution is 0.0963. The molecule has 142 valence electrons. The Morgan fingerprint density at radius 3 is 2.30 bits per heavy atom. The molecule has 1 amide bonds.